The van der Waals surface area contributed by atoms with Crippen molar-refractivity contribution < 1.29 is 32.2 Å². The van der Waals surface area contributed by atoms with Crippen LogP contribution in [0.1, 0.15) is 38.2 Å². The molecule has 3 aliphatic heterocycles. The van der Waals surface area contributed by atoms with Crippen LogP contribution in [0.5, 0.6) is 11.8 Å². The lowest BCUT2D eigenvalue weighted by atomic mass is 9.94. The summed E-state index contributed by atoms with van der Waals surface area (Å²) in [6.45, 7) is 5.48. The summed E-state index contributed by atoms with van der Waals surface area (Å²) in [5.41, 5.74) is -1.11. The number of hydrogen-bond acceptors (Lipinski definition) is 10. The number of piperazine rings is 1. The predicted octanol–water partition coefficient (Wildman–Crippen LogP) is 5.32. The van der Waals surface area contributed by atoms with Crippen LogP contribution in [0.2, 0.25) is 0 Å². The lowest BCUT2D eigenvalue weighted by Gasteiger charge is -2.43. The van der Waals surface area contributed by atoms with Gasteiger partial charge in [0.05, 0.1) is 28.6 Å². The van der Waals surface area contributed by atoms with E-state index >= 15 is 8.78 Å². The highest BCUT2D eigenvalue weighted by Gasteiger charge is 2.49. The topological polar surface area (TPSA) is 105 Å². The zero-order chi connectivity index (χ0) is 36.8. The van der Waals surface area contributed by atoms with Crippen molar-refractivity contribution in [3.63, 3.8) is 0 Å². The van der Waals surface area contributed by atoms with E-state index in [1.54, 1.807) is 7.11 Å². The molecular formula is C38H42F3N7O4. The minimum atomic E-state index is -0.952. The number of ether oxygens (including phenoxy) is 3. The third kappa shape index (κ3) is 6.35. The van der Waals surface area contributed by atoms with Gasteiger partial charge in [-0.3, -0.25) is 9.88 Å². The Morgan fingerprint density at radius 3 is 2.77 bits per heavy atom. The van der Waals surface area contributed by atoms with Crippen molar-refractivity contribution >= 4 is 33.6 Å². The Morgan fingerprint density at radius 2 is 2.02 bits per heavy atom. The molecule has 0 radical (unpaired) electrons. The number of methoxy groups -OCH3 is 1. The number of carbonyl (C=O) groups is 1. The Bertz CT molecular complexity index is 2070. The number of terminal acetylenes is 1. The van der Waals surface area contributed by atoms with Crippen LogP contribution in [0.25, 0.3) is 32.9 Å². The molecule has 2 aromatic heterocycles. The van der Waals surface area contributed by atoms with Crippen molar-refractivity contribution in [3.05, 3.63) is 47.7 Å². The molecule has 52 heavy (non-hydrogen) atoms. The zero-order valence-corrected chi connectivity index (χ0v) is 29.8. The third-order valence-electron chi connectivity index (χ3n) is 10.7. The van der Waals surface area contributed by atoms with Crippen LogP contribution in [-0.2, 0) is 4.74 Å². The van der Waals surface area contributed by atoms with Crippen LogP contribution in [0.15, 0.2) is 30.5 Å². The van der Waals surface area contributed by atoms with Crippen molar-refractivity contribution in [3.8, 4) is 35.4 Å². The number of pyridine rings is 1. The Hall–Kier alpha value is -4.71. The number of benzene rings is 2. The van der Waals surface area contributed by atoms with Crippen molar-refractivity contribution in [1.29, 1.82) is 0 Å². The molecule has 0 unspecified atom stereocenters. The van der Waals surface area contributed by atoms with Crippen molar-refractivity contribution in [2.75, 3.05) is 72.0 Å². The van der Waals surface area contributed by atoms with Gasteiger partial charge in [0, 0.05) is 71.0 Å². The van der Waals surface area contributed by atoms with E-state index in [0.717, 1.165) is 25.8 Å². The Labute approximate surface area is 300 Å². The molecule has 0 bridgehead atoms. The molecule has 3 aliphatic rings. The molecule has 7 rings (SSSR count). The summed E-state index contributed by atoms with van der Waals surface area (Å²) in [6, 6.07) is 5.59. The fourth-order valence-electron chi connectivity index (χ4n) is 8.00. The van der Waals surface area contributed by atoms with E-state index in [-0.39, 0.29) is 51.6 Å². The van der Waals surface area contributed by atoms with Crippen LogP contribution in [0.4, 0.5) is 23.8 Å². The predicted molar refractivity (Wildman–Crippen MR) is 191 cm³/mol. The van der Waals surface area contributed by atoms with Gasteiger partial charge in [-0.2, -0.15) is 9.97 Å². The van der Waals surface area contributed by atoms with Gasteiger partial charge in [0.2, 0.25) is 0 Å². The molecule has 3 saturated heterocycles. The molecule has 0 spiro atoms. The number of rotatable bonds is 9. The molecule has 1 amide bonds. The number of nitrogens with one attached hydrogen (secondary N) is 1. The molecule has 11 nitrogen and oxygen atoms in total. The van der Waals surface area contributed by atoms with Crippen LogP contribution in [-0.4, -0.2) is 115 Å². The number of anilines is 1. The summed E-state index contributed by atoms with van der Waals surface area (Å²) in [4.78, 5) is 32.0. The third-order valence-corrected chi connectivity index (χ3v) is 10.7. The summed E-state index contributed by atoms with van der Waals surface area (Å²) in [7, 11) is 4.71. The minimum Gasteiger partial charge on any atom is -0.461 e. The Balaban J connectivity index is 1.40. The number of aromatic nitrogens is 3. The van der Waals surface area contributed by atoms with Gasteiger partial charge in [-0.15, -0.1) is 6.42 Å². The van der Waals surface area contributed by atoms with E-state index in [1.807, 2.05) is 4.90 Å². The first-order chi connectivity index (χ1) is 25.0. The maximum Gasteiger partial charge on any atom is 0.414 e. The molecule has 0 saturated carbocycles. The molecule has 4 aromatic rings. The zero-order valence-electron chi connectivity index (χ0n) is 29.8. The molecule has 2 aromatic carbocycles. The van der Waals surface area contributed by atoms with E-state index in [0.29, 0.717) is 55.8 Å². The lowest BCUT2D eigenvalue weighted by molar-refractivity contribution is 0.101. The van der Waals surface area contributed by atoms with E-state index in [9.17, 15) is 9.18 Å². The quantitative estimate of drug-likeness (QED) is 0.229. The average Bonchev–Trinajstić information content (AvgIpc) is 3.66. The second-order valence-electron chi connectivity index (χ2n) is 14.2. The largest absolute Gasteiger partial charge is 0.461 e. The van der Waals surface area contributed by atoms with Gasteiger partial charge in [-0.05, 0) is 49.4 Å². The molecule has 5 heterocycles. The highest BCUT2D eigenvalue weighted by atomic mass is 19.1. The molecular weight excluding hydrogens is 675 g/mol. The lowest BCUT2D eigenvalue weighted by Crippen LogP contribution is -2.62. The van der Waals surface area contributed by atoms with Crippen LogP contribution in [0, 0.1) is 24.0 Å². The van der Waals surface area contributed by atoms with Crippen molar-refractivity contribution in [2.24, 2.45) is 0 Å². The molecule has 0 aliphatic carbocycles. The van der Waals surface area contributed by atoms with Crippen LogP contribution in [0.3, 0.4) is 0 Å². The first kappa shape index (κ1) is 35.7. The first-order valence-corrected chi connectivity index (χ1v) is 17.5. The van der Waals surface area contributed by atoms with Crippen LogP contribution >= 0.6 is 0 Å². The molecule has 274 valence electrons. The van der Waals surface area contributed by atoms with Gasteiger partial charge in [0.15, 0.2) is 5.82 Å². The maximum absolute atomic E-state index is 17.2. The van der Waals surface area contributed by atoms with E-state index in [1.165, 1.54) is 49.5 Å². The number of fused-ring (bicyclic) bond motifs is 3. The van der Waals surface area contributed by atoms with Gasteiger partial charge >= 0.3 is 12.1 Å². The summed E-state index contributed by atoms with van der Waals surface area (Å²) in [5.74, 6) is 1.41. The summed E-state index contributed by atoms with van der Waals surface area (Å²) >= 11 is 0. The smallest absolute Gasteiger partial charge is 0.414 e. The van der Waals surface area contributed by atoms with Gasteiger partial charge < -0.3 is 29.3 Å². The number of carbonyl (C=O) groups excluding carboxylic acids is 1. The van der Waals surface area contributed by atoms with Gasteiger partial charge in [-0.1, -0.05) is 18.9 Å². The van der Waals surface area contributed by atoms with Crippen molar-refractivity contribution in [2.45, 2.75) is 49.9 Å². The minimum absolute atomic E-state index is 0.0525. The summed E-state index contributed by atoms with van der Waals surface area (Å²) in [5, 5.41) is 4.56. The normalized spacial score (nSPS) is 23.2. The first-order valence-electron chi connectivity index (χ1n) is 17.5. The fourth-order valence-corrected chi connectivity index (χ4v) is 8.00. The van der Waals surface area contributed by atoms with E-state index < -0.39 is 29.4 Å². The van der Waals surface area contributed by atoms with E-state index in [4.69, 9.17) is 25.6 Å². The summed E-state index contributed by atoms with van der Waals surface area (Å²) in [6.07, 6.45) is 8.47. The molecule has 14 heteroatoms. The number of amides is 1. The van der Waals surface area contributed by atoms with Crippen LogP contribution < -0.4 is 19.7 Å². The standard InChI is InChI=1S/C38H42F3N7O4/c1-6-26-29(40)10-9-23-15-25(52-36(49)46(3)4)16-27(30(23)26)32-31(41)33-28(18-42-32)34(47-14-12-43-37(7-2,20-47)21-50-5)45-35(44-33)51-22-38-11-8-13-48(38)19-24(39)17-38/h1,9-10,15-16,18,24,43H,7-8,11-14,17,19-22H2,2-5H3/t24-,37-,38+/m1/s1. The summed E-state index contributed by atoms with van der Waals surface area (Å²) < 4.78 is 64.4. The highest BCUT2D eigenvalue weighted by Crippen LogP contribution is 2.42. The van der Waals surface area contributed by atoms with Crippen molar-refractivity contribution in [1.82, 2.24) is 30.1 Å². The Morgan fingerprint density at radius 1 is 1.19 bits per heavy atom. The monoisotopic (exact) mass is 717 g/mol. The van der Waals surface area contributed by atoms with Gasteiger partial charge in [0.1, 0.15) is 41.4 Å². The fraction of sp³-hybridized carbons (Fsp3) is 0.474. The van der Waals surface area contributed by atoms with Gasteiger partial charge in [0.25, 0.3) is 0 Å². The van der Waals surface area contributed by atoms with Gasteiger partial charge in [-0.25, -0.2) is 18.0 Å². The average molecular weight is 718 g/mol. The second kappa shape index (κ2) is 14.0. The number of halogens is 3. The maximum atomic E-state index is 17.2. The second-order valence-corrected chi connectivity index (χ2v) is 14.2. The Kier molecular flexibility index (Phi) is 9.62. The SMILES string of the molecule is C#Cc1c(F)ccc2cc(OC(=O)N(C)C)cc(-c3ncc4c(N5CCN[C@@](CC)(COC)C5)nc(OC[C@@]56CCCN5C[C@H](F)C6)nc4c3F)c12. The molecule has 3 fully saturated rings. The molecule has 3 atom stereocenters. The number of alkyl halides is 1. The van der Waals surface area contributed by atoms with E-state index in [2.05, 4.69) is 33.0 Å². The number of hydrogen-bond donors (Lipinski definition) is 1. The molecule has 1 N–H and O–H groups in total. The number of nitrogens with zero attached hydrogens (tertiary/aromatic N) is 6. The highest BCUT2D eigenvalue weighted by molar-refractivity contribution is 6.03.